The Bertz CT molecular complexity index is 803. The van der Waals surface area contributed by atoms with Gasteiger partial charge < -0.3 is 19.5 Å². The van der Waals surface area contributed by atoms with Crippen LogP contribution in [0.4, 0.5) is 5.69 Å². The summed E-state index contributed by atoms with van der Waals surface area (Å²) >= 11 is 0. The second-order valence-corrected chi connectivity index (χ2v) is 7.82. The molecule has 2 aromatic heterocycles. The lowest BCUT2D eigenvalue weighted by Crippen LogP contribution is -2.48. The summed E-state index contributed by atoms with van der Waals surface area (Å²) in [5, 5.41) is 3.14. The molecule has 0 atom stereocenters. The molecular formula is C22H28N4O3. The van der Waals surface area contributed by atoms with E-state index in [1.165, 1.54) is 31.9 Å². The van der Waals surface area contributed by atoms with E-state index in [2.05, 4.69) is 15.2 Å². The number of rotatable bonds is 4. The minimum absolute atomic E-state index is 0.0710. The SMILES string of the molecule is O=C(NC1CCCCCC1)c1ccc(N2CCN(C(=O)c3ccco3)CC2)cn1. The summed E-state index contributed by atoms with van der Waals surface area (Å²) in [6.45, 7) is 2.70. The number of pyridine rings is 1. The van der Waals surface area contributed by atoms with Crippen LogP contribution in [-0.4, -0.2) is 53.9 Å². The van der Waals surface area contributed by atoms with Gasteiger partial charge in [0.2, 0.25) is 0 Å². The number of carbonyl (C=O) groups is 2. The van der Waals surface area contributed by atoms with Crippen LogP contribution >= 0.6 is 0 Å². The number of hydrogen-bond acceptors (Lipinski definition) is 5. The van der Waals surface area contributed by atoms with E-state index < -0.39 is 0 Å². The second kappa shape index (κ2) is 9.11. The van der Waals surface area contributed by atoms with Crippen molar-refractivity contribution in [2.75, 3.05) is 31.1 Å². The molecule has 0 spiro atoms. The molecule has 1 saturated heterocycles. The zero-order chi connectivity index (χ0) is 20.1. The van der Waals surface area contributed by atoms with E-state index in [4.69, 9.17) is 4.42 Å². The van der Waals surface area contributed by atoms with Crippen molar-refractivity contribution in [2.24, 2.45) is 0 Å². The zero-order valence-electron chi connectivity index (χ0n) is 16.7. The van der Waals surface area contributed by atoms with Gasteiger partial charge in [-0.2, -0.15) is 0 Å². The first-order chi connectivity index (χ1) is 14.2. The van der Waals surface area contributed by atoms with Crippen molar-refractivity contribution in [3.63, 3.8) is 0 Å². The molecule has 0 bridgehead atoms. The van der Waals surface area contributed by atoms with E-state index >= 15 is 0 Å². The predicted molar refractivity (Wildman–Crippen MR) is 110 cm³/mol. The fourth-order valence-corrected chi connectivity index (χ4v) is 4.11. The highest BCUT2D eigenvalue weighted by molar-refractivity contribution is 5.93. The van der Waals surface area contributed by atoms with Gasteiger partial charge in [0.25, 0.3) is 11.8 Å². The molecule has 29 heavy (non-hydrogen) atoms. The second-order valence-electron chi connectivity index (χ2n) is 7.82. The molecule has 3 heterocycles. The van der Waals surface area contributed by atoms with Crippen LogP contribution in [0.15, 0.2) is 41.1 Å². The highest BCUT2D eigenvalue weighted by Gasteiger charge is 2.24. The quantitative estimate of drug-likeness (QED) is 0.804. The van der Waals surface area contributed by atoms with Crippen LogP contribution in [0.25, 0.3) is 0 Å². The molecule has 1 aliphatic carbocycles. The molecule has 7 nitrogen and oxygen atoms in total. The van der Waals surface area contributed by atoms with Crippen molar-refractivity contribution in [1.29, 1.82) is 0 Å². The maximum absolute atomic E-state index is 12.5. The van der Waals surface area contributed by atoms with E-state index in [0.29, 0.717) is 24.5 Å². The van der Waals surface area contributed by atoms with Crippen molar-refractivity contribution < 1.29 is 14.0 Å². The molecule has 2 amide bonds. The van der Waals surface area contributed by atoms with Gasteiger partial charge in [0.05, 0.1) is 18.1 Å². The van der Waals surface area contributed by atoms with Crippen molar-refractivity contribution in [3.8, 4) is 0 Å². The van der Waals surface area contributed by atoms with Crippen LogP contribution in [-0.2, 0) is 0 Å². The first kappa shape index (κ1) is 19.5. The highest BCUT2D eigenvalue weighted by atomic mass is 16.3. The third-order valence-corrected chi connectivity index (χ3v) is 5.83. The van der Waals surface area contributed by atoms with Gasteiger partial charge in [-0.3, -0.25) is 9.59 Å². The Morgan fingerprint density at radius 2 is 1.76 bits per heavy atom. The van der Waals surface area contributed by atoms with Crippen LogP contribution in [0.3, 0.4) is 0 Å². The molecule has 2 aromatic rings. The molecule has 1 saturated carbocycles. The lowest BCUT2D eigenvalue weighted by molar-refractivity contribution is 0.0714. The Hall–Kier alpha value is -2.83. The molecule has 1 N–H and O–H groups in total. The number of carbonyl (C=O) groups excluding carboxylic acids is 2. The number of anilines is 1. The average molecular weight is 396 g/mol. The first-order valence-electron chi connectivity index (χ1n) is 10.6. The molecule has 0 aromatic carbocycles. The Morgan fingerprint density at radius 3 is 2.38 bits per heavy atom. The Labute approximate surface area is 171 Å². The number of nitrogens with zero attached hydrogens (tertiary/aromatic N) is 3. The minimum atomic E-state index is -0.0858. The van der Waals surface area contributed by atoms with Gasteiger partial charge in [-0.05, 0) is 37.1 Å². The molecule has 1 aliphatic heterocycles. The van der Waals surface area contributed by atoms with E-state index in [1.54, 1.807) is 29.3 Å². The number of aromatic nitrogens is 1. The highest BCUT2D eigenvalue weighted by Crippen LogP contribution is 2.19. The van der Waals surface area contributed by atoms with Gasteiger partial charge in [0.15, 0.2) is 5.76 Å². The minimum Gasteiger partial charge on any atom is -0.459 e. The van der Waals surface area contributed by atoms with Crippen molar-refractivity contribution in [1.82, 2.24) is 15.2 Å². The predicted octanol–water partition coefficient (Wildman–Crippen LogP) is 3.09. The van der Waals surface area contributed by atoms with Gasteiger partial charge in [-0.15, -0.1) is 0 Å². The molecule has 154 valence electrons. The number of hydrogen-bond donors (Lipinski definition) is 1. The Kier molecular flexibility index (Phi) is 6.12. The maximum Gasteiger partial charge on any atom is 0.289 e. The molecular weight excluding hydrogens is 368 g/mol. The van der Waals surface area contributed by atoms with Gasteiger partial charge in [0, 0.05) is 32.2 Å². The lowest BCUT2D eigenvalue weighted by Gasteiger charge is -2.35. The topological polar surface area (TPSA) is 78.7 Å². The summed E-state index contributed by atoms with van der Waals surface area (Å²) in [5.41, 5.74) is 1.44. The molecule has 0 radical (unpaired) electrons. The van der Waals surface area contributed by atoms with Crippen molar-refractivity contribution >= 4 is 17.5 Å². The number of nitrogens with one attached hydrogen (secondary N) is 1. The largest absolute Gasteiger partial charge is 0.459 e. The van der Waals surface area contributed by atoms with Crippen LogP contribution in [0.5, 0.6) is 0 Å². The third kappa shape index (κ3) is 4.78. The van der Waals surface area contributed by atoms with E-state index in [0.717, 1.165) is 31.6 Å². The zero-order valence-corrected chi connectivity index (χ0v) is 16.7. The normalized spacial score (nSPS) is 18.3. The summed E-state index contributed by atoms with van der Waals surface area (Å²) in [5.74, 6) is 0.222. The van der Waals surface area contributed by atoms with E-state index in [1.807, 2.05) is 6.07 Å². The van der Waals surface area contributed by atoms with Gasteiger partial charge >= 0.3 is 0 Å². The first-order valence-corrected chi connectivity index (χ1v) is 10.6. The summed E-state index contributed by atoms with van der Waals surface area (Å²) < 4.78 is 5.20. The smallest absolute Gasteiger partial charge is 0.289 e. The van der Waals surface area contributed by atoms with Gasteiger partial charge in [-0.1, -0.05) is 25.7 Å². The Balaban J connectivity index is 1.30. The van der Waals surface area contributed by atoms with E-state index in [-0.39, 0.29) is 17.9 Å². The van der Waals surface area contributed by atoms with Crippen molar-refractivity contribution in [2.45, 2.75) is 44.6 Å². The van der Waals surface area contributed by atoms with Crippen LogP contribution < -0.4 is 10.2 Å². The van der Waals surface area contributed by atoms with Gasteiger partial charge in [0.1, 0.15) is 5.69 Å². The summed E-state index contributed by atoms with van der Waals surface area (Å²) in [6, 6.07) is 7.42. The van der Waals surface area contributed by atoms with Crippen molar-refractivity contribution in [3.05, 3.63) is 48.2 Å². The molecule has 2 fully saturated rings. The summed E-state index contributed by atoms with van der Waals surface area (Å²) in [4.78, 5) is 33.2. The Morgan fingerprint density at radius 1 is 1.00 bits per heavy atom. The van der Waals surface area contributed by atoms with Crippen LogP contribution in [0.1, 0.15) is 59.6 Å². The molecule has 4 rings (SSSR count). The van der Waals surface area contributed by atoms with Crippen LogP contribution in [0.2, 0.25) is 0 Å². The molecule has 2 aliphatic rings. The standard InChI is InChI=1S/C22H28N4O3/c27-21(24-17-6-3-1-2-4-7-17)19-10-9-18(16-23-19)25-11-13-26(14-12-25)22(28)20-8-5-15-29-20/h5,8-10,15-17H,1-4,6-7,11-14H2,(H,24,27). The fraction of sp³-hybridized carbons (Fsp3) is 0.500. The number of piperazine rings is 1. The monoisotopic (exact) mass is 396 g/mol. The van der Waals surface area contributed by atoms with Crippen LogP contribution in [0, 0.1) is 0 Å². The molecule has 7 heteroatoms. The van der Waals surface area contributed by atoms with E-state index in [9.17, 15) is 9.59 Å². The number of furan rings is 1. The molecule has 0 unspecified atom stereocenters. The maximum atomic E-state index is 12.5. The fourth-order valence-electron chi connectivity index (χ4n) is 4.11. The number of amides is 2. The third-order valence-electron chi connectivity index (χ3n) is 5.83. The van der Waals surface area contributed by atoms with Gasteiger partial charge in [-0.25, -0.2) is 4.98 Å². The lowest BCUT2D eigenvalue weighted by atomic mass is 10.1. The average Bonchev–Trinajstić information content (AvgIpc) is 3.19. The summed E-state index contributed by atoms with van der Waals surface area (Å²) in [6.07, 6.45) is 10.3. The summed E-state index contributed by atoms with van der Waals surface area (Å²) in [7, 11) is 0.